The Bertz CT molecular complexity index is 699. The smallest absolute Gasteiger partial charge is 0.192 e. The third-order valence-corrected chi connectivity index (χ3v) is 9.39. The highest BCUT2D eigenvalue weighted by Crippen LogP contribution is 2.37. The lowest BCUT2D eigenvalue weighted by Gasteiger charge is -2.36. The van der Waals surface area contributed by atoms with Gasteiger partial charge in [-0.25, -0.2) is 0 Å². The van der Waals surface area contributed by atoms with Gasteiger partial charge in [0.1, 0.15) is 12.4 Å². The predicted octanol–water partition coefficient (Wildman–Crippen LogP) is 6.40. The molecule has 0 saturated carbocycles. The Hall–Kier alpha value is -1.84. The molecule has 0 aliphatic heterocycles. The molecule has 0 aromatic heterocycles. The summed E-state index contributed by atoms with van der Waals surface area (Å²) in [6.45, 7) is 16.6. The van der Waals surface area contributed by atoms with Crippen LogP contribution in [0.1, 0.15) is 37.5 Å². The molecule has 0 atom stereocenters. The topological polar surface area (TPSA) is 18.5 Å². The van der Waals surface area contributed by atoms with Crippen molar-refractivity contribution in [1.82, 2.24) is 0 Å². The number of hydrogen-bond acceptors (Lipinski definition) is 2. The van der Waals surface area contributed by atoms with Gasteiger partial charge in [0, 0.05) is 5.56 Å². The molecule has 0 radical (unpaired) electrons. The van der Waals surface area contributed by atoms with Crippen molar-refractivity contribution in [3.8, 4) is 0 Å². The highest BCUT2D eigenvalue weighted by Gasteiger charge is 2.36. The fourth-order valence-electron chi connectivity index (χ4n) is 2.14. The van der Waals surface area contributed by atoms with Crippen LogP contribution in [0, 0.1) is 0 Å². The first-order chi connectivity index (χ1) is 11.7. The molecule has 2 nitrogen and oxygen atoms in total. The summed E-state index contributed by atoms with van der Waals surface area (Å²) in [6, 6.07) is 18.4. The molecule has 2 rings (SSSR count). The summed E-state index contributed by atoms with van der Waals surface area (Å²) in [5.41, 5.74) is 3.31. The summed E-state index contributed by atoms with van der Waals surface area (Å²) in [4.78, 5) is 0. The standard InChI is InChI=1S/C22H30O2Si/c1-18(23-16-19-11-8-7-9-12-19)21-14-10-13-20(15-21)17-24-25(5,6)22(2,3)4/h7-15H,1,16-17H2,2-6H3. The maximum Gasteiger partial charge on any atom is 0.192 e. The monoisotopic (exact) mass is 354 g/mol. The van der Waals surface area contributed by atoms with Crippen molar-refractivity contribution in [3.63, 3.8) is 0 Å². The molecule has 2 aromatic rings. The van der Waals surface area contributed by atoms with Crippen LogP contribution in [0.3, 0.4) is 0 Å². The average Bonchev–Trinajstić information content (AvgIpc) is 2.58. The quantitative estimate of drug-likeness (QED) is 0.423. The number of hydrogen-bond donors (Lipinski definition) is 0. The lowest BCUT2D eigenvalue weighted by atomic mass is 10.1. The fourth-order valence-corrected chi connectivity index (χ4v) is 3.10. The highest BCUT2D eigenvalue weighted by atomic mass is 28.4. The van der Waals surface area contributed by atoms with Crippen molar-refractivity contribution in [2.24, 2.45) is 0 Å². The molecule has 0 fully saturated rings. The van der Waals surface area contributed by atoms with E-state index in [-0.39, 0.29) is 5.04 Å². The number of ether oxygens (including phenoxy) is 1. The molecule has 0 spiro atoms. The van der Waals surface area contributed by atoms with Crippen molar-refractivity contribution in [3.05, 3.63) is 77.9 Å². The van der Waals surface area contributed by atoms with Crippen LogP contribution in [0.15, 0.2) is 61.2 Å². The Morgan fingerprint density at radius 3 is 2.20 bits per heavy atom. The van der Waals surface area contributed by atoms with Crippen LogP contribution in [-0.4, -0.2) is 8.32 Å². The van der Waals surface area contributed by atoms with Gasteiger partial charge in [-0.2, -0.15) is 0 Å². The molecular formula is C22H30O2Si. The Labute approximate surface area is 153 Å². The van der Waals surface area contributed by atoms with E-state index in [1.807, 2.05) is 30.3 Å². The normalized spacial score (nSPS) is 12.0. The van der Waals surface area contributed by atoms with Gasteiger partial charge in [0.2, 0.25) is 0 Å². The number of benzene rings is 2. The van der Waals surface area contributed by atoms with Crippen LogP contribution in [0.4, 0.5) is 0 Å². The summed E-state index contributed by atoms with van der Waals surface area (Å²) in [5, 5.41) is 0.215. The first-order valence-corrected chi connectivity index (χ1v) is 11.7. The third kappa shape index (κ3) is 5.58. The van der Waals surface area contributed by atoms with Crippen molar-refractivity contribution in [2.75, 3.05) is 0 Å². The zero-order valence-corrected chi connectivity index (χ0v) is 17.1. The van der Waals surface area contributed by atoms with Crippen molar-refractivity contribution >= 4 is 14.1 Å². The van der Waals surface area contributed by atoms with Crippen molar-refractivity contribution in [2.45, 2.75) is 52.1 Å². The summed E-state index contributed by atoms with van der Waals surface area (Å²) in [5.74, 6) is 0.693. The molecule has 0 amide bonds. The van der Waals surface area contributed by atoms with E-state index in [0.717, 1.165) is 16.7 Å². The van der Waals surface area contributed by atoms with Crippen LogP contribution >= 0.6 is 0 Å². The molecule has 2 aromatic carbocycles. The molecule has 0 N–H and O–H groups in total. The van der Waals surface area contributed by atoms with E-state index in [9.17, 15) is 0 Å². The van der Waals surface area contributed by atoms with E-state index >= 15 is 0 Å². The summed E-state index contributed by atoms with van der Waals surface area (Å²) in [7, 11) is -1.75. The second-order valence-electron chi connectivity index (χ2n) is 7.95. The first-order valence-electron chi connectivity index (χ1n) is 8.78. The number of rotatable bonds is 7. The van der Waals surface area contributed by atoms with E-state index in [1.54, 1.807) is 0 Å². The molecule has 0 bridgehead atoms. The van der Waals surface area contributed by atoms with Crippen LogP contribution in [0.25, 0.3) is 5.76 Å². The molecule has 3 heteroatoms. The van der Waals surface area contributed by atoms with Crippen LogP contribution in [0.5, 0.6) is 0 Å². The Balaban J connectivity index is 1.97. The van der Waals surface area contributed by atoms with Crippen LogP contribution in [0.2, 0.25) is 18.1 Å². The van der Waals surface area contributed by atoms with E-state index in [2.05, 4.69) is 64.7 Å². The SMILES string of the molecule is C=C(OCc1ccccc1)c1cccc(CO[Si](C)(C)C(C)(C)C)c1. The minimum atomic E-state index is -1.75. The van der Waals surface area contributed by atoms with Gasteiger partial charge in [0.15, 0.2) is 8.32 Å². The third-order valence-electron chi connectivity index (χ3n) is 4.91. The van der Waals surface area contributed by atoms with Gasteiger partial charge in [-0.15, -0.1) is 0 Å². The zero-order valence-electron chi connectivity index (χ0n) is 16.1. The molecule has 25 heavy (non-hydrogen) atoms. The summed E-state index contributed by atoms with van der Waals surface area (Å²) < 4.78 is 12.2. The lowest BCUT2D eigenvalue weighted by molar-refractivity contribution is 0.264. The van der Waals surface area contributed by atoms with Crippen molar-refractivity contribution in [1.29, 1.82) is 0 Å². The fraction of sp³-hybridized carbons (Fsp3) is 0.364. The minimum absolute atomic E-state index is 0.215. The van der Waals surface area contributed by atoms with Gasteiger partial charge in [-0.05, 0) is 35.3 Å². The lowest BCUT2D eigenvalue weighted by Crippen LogP contribution is -2.40. The van der Waals surface area contributed by atoms with Crippen LogP contribution < -0.4 is 0 Å². The molecule has 0 aliphatic carbocycles. The van der Waals surface area contributed by atoms with Gasteiger partial charge < -0.3 is 9.16 Å². The van der Waals surface area contributed by atoms with Crippen molar-refractivity contribution < 1.29 is 9.16 Å². The highest BCUT2D eigenvalue weighted by molar-refractivity contribution is 6.74. The minimum Gasteiger partial charge on any atom is -0.489 e. The largest absolute Gasteiger partial charge is 0.489 e. The molecule has 134 valence electrons. The maximum absolute atomic E-state index is 6.31. The molecular weight excluding hydrogens is 324 g/mol. The zero-order chi connectivity index (χ0) is 18.5. The summed E-state index contributed by atoms with van der Waals surface area (Å²) >= 11 is 0. The Morgan fingerprint density at radius 2 is 1.56 bits per heavy atom. The van der Waals surface area contributed by atoms with E-state index in [1.165, 1.54) is 0 Å². The first kappa shape index (κ1) is 19.5. The molecule has 0 unspecified atom stereocenters. The predicted molar refractivity (Wildman–Crippen MR) is 109 cm³/mol. The van der Waals surface area contributed by atoms with Gasteiger partial charge in [0.05, 0.1) is 6.61 Å². The molecule has 0 aliphatic rings. The Kier molecular flexibility index (Phi) is 6.25. The van der Waals surface area contributed by atoms with Gasteiger partial charge in [0.25, 0.3) is 0 Å². The van der Waals surface area contributed by atoms with E-state index < -0.39 is 8.32 Å². The summed E-state index contributed by atoms with van der Waals surface area (Å²) in [6.07, 6.45) is 0. The van der Waals surface area contributed by atoms with E-state index in [0.29, 0.717) is 19.0 Å². The second kappa shape index (κ2) is 8.02. The molecule has 0 heterocycles. The van der Waals surface area contributed by atoms with E-state index in [4.69, 9.17) is 9.16 Å². The van der Waals surface area contributed by atoms with Gasteiger partial charge >= 0.3 is 0 Å². The molecule has 0 saturated heterocycles. The Morgan fingerprint density at radius 1 is 0.920 bits per heavy atom. The van der Waals surface area contributed by atoms with Crippen LogP contribution in [-0.2, 0) is 22.4 Å². The second-order valence-corrected chi connectivity index (χ2v) is 12.8. The average molecular weight is 355 g/mol. The van der Waals surface area contributed by atoms with Gasteiger partial charge in [-0.3, -0.25) is 0 Å². The van der Waals surface area contributed by atoms with Gasteiger partial charge in [-0.1, -0.05) is 75.9 Å². The maximum atomic E-state index is 6.31.